The zero-order valence-electron chi connectivity index (χ0n) is 17.6. The number of aliphatic hydroxyl groups is 1. The highest BCUT2D eigenvalue weighted by molar-refractivity contribution is 5.90. The Morgan fingerprint density at radius 3 is 2.43 bits per heavy atom. The lowest BCUT2D eigenvalue weighted by Crippen LogP contribution is -2.61. The Labute approximate surface area is 167 Å². The SMILES string of the molecule is CC(=O)O[C@H]1CC[C@@]2(C)[C@H](CC[C@@H]3[C@@H]2C(=O)C[C@@]2(C)[C@H]3CC[C@]2(O)C(C)=O)C1. The van der Waals surface area contributed by atoms with Gasteiger partial charge in [-0.3, -0.25) is 14.4 Å². The third-order valence-electron chi connectivity index (χ3n) is 9.37. The zero-order valence-corrected chi connectivity index (χ0v) is 17.6. The molecule has 4 aliphatic rings. The Bertz CT molecular complexity index is 716. The number of ketones is 2. The first kappa shape index (κ1) is 20.1. The molecule has 4 rings (SSSR count). The number of Topliss-reactive ketones (excluding diaryl/α,β-unsaturated/α-hetero) is 2. The summed E-state index contributed by atoms with van der Waals surface area (Å²) >= 11 is 0. The molecule has 1 N–H and O–H groups in total. The van der Waals surface area contributed by atoms with Crippen LogP contribution in [0.25, 0.3) is 0 Å². The first-order chi connectivity index (χ1) is 13.0. The second-order valence-electron chi connectivity index (χ2n) is 10.5. The molecule has 8 atom stereocenters. The lowest BCUT2D eigenvalue weighted by atomic mass is 9.44. The molecular formula is C23H34O5. The molecule has 0 radical (unpaired) electrons. The summed E-state index contributed by atoms with van der Waals surface area (Å²) in [4.78, 5) is 37.2. The largest absolute Gasteiger partial charge is 0.463 e. The predicted molar refractivity (Wildman–Crippen MR) is 103 cm³/mol. The molecule has 156 valence electrons. The molecule has 0 unspecified atom stereocenters. The molecule has 0 aliphatic heterocycles. The van der Waals surface area contributed by atoms with Gasteiger partial charge in [0.15, 0.2) is 5.78 Å². The first-order valence-corrected chi connectivity index (χ1v) is 11.0. The van der Waals surface area contributed by atoms with Crippen molar-refractivity contribution in [3.8, 4) is 0 Å². The van der Waals surface area contributed by atoms with Crippen LogP contribution in [0.3, 0.4) is 0 Å². The molecule has 4 aliphatic carbocycles. The van der Waals surface area contributed by atoms with Crippen molar-refractivity contribution in [1.82, 2.24) is 0 Å². The van der Waals surface area contributed by atoms with Gasteiger partial charge in [-0.2, -0.15) is 0 Å². The number of fused-ring (bicyclic) bond motifs is 5. The third-order valence-corrected chi connectivity index (χ3v) is 9.37. The first-order valence-electron chi connectivity index (χ1n) is 11.0. The van der Waals surface area contributed by atoms with E-state index in [0.29, 0.717) is 18.8 Å². The summed E-state index contributed by atoms with van der Waals surface area (Å²) in [5.74, 6) is 0.722. The highest BCUT2D eigenvalue weighted by atomic mass is 16.5. The Balaban J connectivity index is 1.63. The highest BCUT2D eigenvalue weighted by Gasteiger charge is 2.68. The fraction of sp³-hybridized carbons (Fsp3) is 0.870. The standard InChI is InChI=1S/C23H34O5/c1-13(24)23(27)10-8-18-17-6-5-15-11-16(28-14(2)25)7-9-21(15,3)20(17)19(26)12-22(18,23)4/h15-18,20,27H,5-12H2,1-4H3/t15-,16+,17+,18+,20-,21+,22+,23+/m1/s1. The molecule has 0 heterocycles. The van der Waals surface area contributed by atoms with Gasteiger partial charge in [-0.1, -0.05) is 13.8 Å². The van der Waals surface area contributed by atoms with Crippen molar-refractivity contribution in [1.29, 1.82) is 0 Å². The van der Waals surface area contributed by atoms with Crippen molar-refractivity contribution in [2.24, 2.45) is 34.5 Å². The minimum Gasteiger partial charge on any atom is -0.463 e. The fourth-order valence-electron chi connectivity index (χ4n) is 7.96. The van der Waals surface area contributed by atoms with Crippen LogP contribution < -0.4 is 0 Å². The summed E-state index contributed by atoms with van der Waals surface area (Å²) in [5, 5.41) is 11.2. The number of carbonyl (C=O) groups is 3. The summed E-state index contributed by atoms with van der Waals surface area (Å²) in [7, 11) is 0. The molecule has 0 amide bonds. The maximum absolute atomic E-state index is 13.5. The van der Waals surface area contributed by atoms with Crippen LogP contribution in [0.5, 0.6) is 0 Å². The van der Waals surface area contributed by atoms with E-state index in [2.05, 4.69) is 6.92 Å². The van der Waals surface area contributed by atoms with Gasteiger partial charge < -0.3 is 9.84 Å². The lowest BCUT2D eigenvalue weighted by molar-refractivity contribution is -0.181. The second kappa shape index (κ2) is 6.38. The van der Waals surface area contributed by atoms with Gasteiger partial charge in [-0.25, -0.2) is 0 Å². The predicted octanol–water partition coefficient (Wildman–Crippen LogP) is 3.46. The smallest absolute Gasteiger partial charge is 0.302 e. The minimum atomic E-state index is -1.36. The Kier molecular flexibility index (Phi) is 4.57. The Hall–Kier alpha value is -1.23. The van der Waals surface area contributed by atoms with Gasteiger partial charge in [0.25, 0.3) is 0 Å². The zero-order chi connectivity index (χ0) is 20.5. The van der Waals surface area contributed by atoms with Gasteiger partial charge in [0.1, 0.15) is 17.5 Å². The summed E-state index contributed by atoms with van der Waals surface area (Å²) in [6.45, 7) is 7.18. The summed E-state index contributed by atoms with van der Waals surface area (Å²) in [6.07, 6.45) is 6.19. The number of carbonyl (C=O) groups excluding carboxylic acids is 3. The lowest BCUT2D eigenvalue weighted by Gasteiger charge is -2.60. The van der Waals surface area contributed by atoms with Gasteiger partial charge in [0.2, 0.25) is 0 Å². The van der Waals surface area contributed by atoms with E-state index in [-0.39, 0.29) is 46.8 Å². The average Bonchev–Trinajstić information content (AvgIpc) is 2.86. The van der Waals surface area contributed by atoms with E-state index in [1.165, 1.54) is 13.8 Å². The maximum Gasteiger partial charge on any atom is 0.302 e. The van der Waals surface area contributed by atoms with Crippen molar-refractivity contribution in [3.63, 3.8) is 0 Å². The summed E-state index contributed by atoms with van der Waals surface area (Å²) < 4.78 is 5.49. The van der Waals surface area contributed by atoms with E-state index in [0.717, 1.165) is 38.5 Å². The topological polar surface area (TPSA) is 80.7 Å². The van der Waals surface area contributed by atoms with E-state index >= 15 is 0 Å². The molecule has 0 aromatic carbocycles. The van der Waals surface area contributed by atoms with Crippen molar-refractivity contribution in [2.75, 3.05) is 0 Å². The van der Waals surface area contributed by atoms with E-state index in [1.807, 2.05) is 6.92 Å². The Morgan fingerprint density at radius 2 is 1.79 bits per heavy atom. The number of hydrogen-bond acceptors (Lipinski definition) is 5. The van der Waals surface area contributed by atoms with E-state index in [1.54, 1.807) is 0 Å². The second-order valence-corrected chi connectivity index (χ2v) is 10.5. The van der Waals surface area contributed by atoms with Gasteiger partial charge in [0.05, 0.1) is 0 Å². The van der Waals surface area contributed by atoms with Crippen molar-refractivity contribution < 1.29 is 24.2 Å². The van der Waals surface area contributed by atoms with Crippen molar-refractivity contribution >= 4 is 17.5 Å². The van der Waals surface area contributed by atoms with Gasteiger partial charge >= 0.3 is 5.97 Å². The number of hydrogen-bond donors (Lipinski definition) is 1. The molecule has 5 nitrogen and oxygen atoms in total. The molecule has 0 bridgehead atoms. The van der Waals surface area contributed by atoms with Crippen LogP contribution in [0.2, 0.25) is 0 Å². The number of rotatable bonds is 2. The van der Waals surface area contributed by atoms with Crippen molar-refractivity contribution in [3.05, 3.63) is 0 Å². The quantitative estimate of drug-likeness (QED) is 0.730. The van der Waals surface area contributed by atoms with Gasteiger partial charge in [-0.05, 0) is 75.0 Å². The van der Waals surface area contributed by atoms with Crippen molar-refractivity contribution in [2.45, 2.75) is 90.8 Å². The normalized spacial score (nSPS) is 50.3. The highest BCUT2D eigenvalue weighted by Crippen LogP contribution is 2.67. The minimum absolute atomic E-state index is 0.0110. The Morgan fingerprint density at radius 1 is 1.07 bits per heavy atom. The van der Waals surface area contributed by atoms with Gasteiger partial charge in [-0.15, -0.1) is 0 Å². The maximum atomic E-state index is 13.5. The number of esters is 1. The van der Waals surface area contributed by atoms with Crippen LogP contribution in [-0.2, 0) is 19.1 Å². The molecule has 0 aromatic heterocycles. The molecule has 5 heteroatoms. The van der Waals surface area contributed by atoms with Crippen LogP contribution in [0, 0.1) is 34.5 Å². The molecule has 0 saturated heterocycles. The number of ether oxygens (including phenoxy) is 1. The molecule has 4 saturated carbocycles. The van der Waals surface area contributed by atoms with E-state index in [9.17, 15) is 19.5 Å². The molecule has 0 spiro atoms. The third kappa shape index (κ3) is 2.57. The van der Waals surface area contributed by atoms with Crippen LogP contribution >= 0.6 is 0 Å². The van der Waals surface area contributed by atoms with Crippen LogP contribution in [0.4, 0.5) is 0 Å². The summed E-state index contributed by atoms with van der Waals surface area (Å²) in [6, 6.07) is 0. The van der Waals surface area contributed by atoms with Crippen LogP contribution in [0.15, 0.2) is 0 Å². The summed E-state index contributed by atoms with van der Waals surface area (Å²) in [5.41, 5.74) is -2.05. The van der Waals surface area contributed by atoms with Gasteiger partial charge in [0, 0.05) is 24.7 Å². The van der Waals surface area contributed by atoms with Crippen LogP contribution in [-0.4, -0.2) is 34.3 Å². The van der Waals surface area contributed by atoms with E-state index in [4.69, 9.17) is 4.74 Å². The fourth-order valence-corrected chi connectivity index (χ4v) is 7.96. The molecule has 28 heavy (non-hydrogen) atoms. The van der Waals surface area contributed by atoms with Crippen LogP contribution in [0.1, 0.15) is 79.1 Å². The molecular weight excluding hydrogens is 356 g/mol. The molecule has 0 aromatic rings. The monoisotopic (exact) mass is 390 g/mol. The molecule has 4 fully saturated rings. The van der Waals surface area contributed by atoms with E-state index < -0.39 is 11.0 Å². The average molecular weight is 391 g/mol.